The Bertz CT molecular complexity index is 1190. The van der Waals surface area contributed by atoms with Crippen molar-refractivity contribution in [2.24, 2.45) is 5.41 Å². The van der Waals surface area contributed by atoms with E-state index in [2.05, 4.69) is 15.6 Å². The number of carbonyl (C=O) groups is 2. The van der Waals surface area contributed by atoms with Crippen LogP contribution in [0.15, 0.2) is 24.4 Å². The summed E-state index contributed by atoms with van der Waals surface area (Å²) in [7, 11) is 0. The average Bonchev–Trinajstić information content (AvgIpc) is 3.40. The Labute approximate surface area is 222 Å². The highest BCUT2D eigenvalue weighted by Gasteiger charge is 2.47. The summed E-state index contributed by atoms with van der Waals surface area (Å²) in [6.07, 6.45) is -2.24. The Balaban J connectivity index is 1.53. The molecule has 1 saturated carbocycles. The summed E-state index contributed by atoms with van der Waals surface area (Å²) in [5.41, 5.74) is -0.257. The number of hydrogen-bond donors (Lipinski definition) is 2. The molecule has 2 aliphatic rings. The quantitative estimate of drug-likeness (QED) is 0.500. The maximum absolute atomic E-state index is 13.8. The van der Waals surface area contributed by atoms with Gasteiger partial charge in [0.25, 0.3) is 0 Å². The van der Waals surface area contributed by atoms with Crippen LogP contribution in [0.4, 0.5) is 17.6 Å². The maximum Gasteiger partial charge on any atom is 0.397 e. The highest BCUT2D eigenvalue weighted by Crippen LogP contribution is 2.41. The van der Waals surface area contributed by atoms with Crippen molar-refractivity contribution in [3.05, 3.63) is 46.5 Å². The van der Waals surface area contributed by atoms with E-state index in [1.54, 1.807) is 6.20 Å². The van der Waals surface area contributed by atoms with Gasteiger partial charge in [0.15, 0.2) is 0 Å². The molecule has 1 saturated heterocycles. The maximum atomic E-state index is 13.8. The van der Waals surface area contributed by atoms with E-state index in [4.69, 9.17) is 11.6 Å². The number of rotatable bonds is 7. The third kappa shape index (κ3) is 6.12. The lowest BCUT2D eigenvalue weighted by Gasteiger charge is -2.34. The molecule has 1 aliphatic heterocycles. The van der Waals surface area contributed by atoms with Crippen molar-refractivity contribution >= 4 is 23.4 Å². The van der Waals surface area contributed by atoms with Gasteiger partial charge in [0.2, 0.25) is 11.8 Å². The average molecular weight is 560 g/mol. The number of alkyl halides is 3. The van der Waals surface area contributed by atoms with Crippen molar-refractivity contribution in [2.45, 2.75) is 76.2 Å². The second-order valence-electron chi connectivity index (χ2n) is 11.1. The minimum Gasteiger partial charge on any atom is -0.391 e. The van der Waals surface area contributed by atoms with Gasteiger partial charge in [0.05, 0.1) is 17.7 Å². The molecule has 13 heteroatoms. The Hall–Kier alpha value is -2.73. The highest BCUT2D eigenvalue weighted by atomic mass is 35.5. The molecule has 8 nitrogen and oxygen atoms in total. The van der Waals surface area contributed by atoms with Gasteiger partial charge in [-0.2, -0.15) is 13.2 Å². The zero-order valence-corrected chi connectivity index (χ0v) is 21.9. The van der Waals surface area contributed by atoms with Crippen LogP contribution < -0.4 is 5.32 Å². The minimum atomic E-state index is -4.79. The van der Waals surface area contributed by atoms with Crippen LogP contribution in [0, 0.1) is 11.2 Å². The van der Waals surface area contributed by atoms with E-state index in [9.17, 15) is 32.3 Å². The predicted molar refractivity (Wildman–Crippen MR) is 130 cm³/mol. The van der Waals surface area contributed by atoms with Gasteiger partial charge in [-0.1, -0.05) is 43.7 Å². The normalized spacial score (nSPS) is 21.9. The second-order valence-corrected chi connectivity index (χ2v) is 11.5. The van der Waals surface area contributed by atoms with Crippen LogP contribution in [0.5, 0.6) is 0 Å². The minimum absolute atomic E-state index is 0.132. The van der Waals surface area contributed by atoms with Crippen molar-refractivity contribution in [3.63, 3.8) is 0 Å². The summed E-state index contributed by atoms with van der Waals surface area (Å²) >= 11 is 5.87. The lowest BCUT2D eigenvalue weighted by Crippen LogP contribution is -2.51. The topological polar surface area (TPSA) is 100 Å². The SMILES string of the molecule is CC(C)(C)[C@@H](C(=O)N1C[C@H](O)C[C@H]1C(=O)NCC(c1ccc(F)cc1Cl)C(F)(F)F)n1cc(C2CC2)nn1. The molecule has 4 rings (SSSR count). The first-order valence-electron chi connectivity index (χ1n) is 12.4. The number of halogens is 5. The van der Waals surface area contributed by atoms with Gasteiger partial charge in [0, 0.05) is 36.6 Å². The number of hydrogen-bond acceptors (Lipinski definition) is 5. The summed E-state index contributed by atoms with van der Waals surface area (Å²) in [4.78, 5) is 28.1. The summed E-state index contributed by atoms with van der Waals surface area (Å²) in [6, 6.07) is 0.520. The Morgan fingerprint density at radius 3 is 2.50 bits per heavy atom. The number of β-amino-alcohol motifs (C(OH)–C–C–N with tert-alkyl or cyclic N) is 1. The molecule has 2 amide bonds. The molecule has 2 N–H and O–H groups in total. The zero-order chi connectivity index (χ0) is 28.0. The fourth-order valence-electron chi connectivity index (χ4n) is 4.83. The molecule has 0 bridgehead atoms. The summed E-state index contributed by atoms with van der Waals surface area (Å²) in [6.45, 7) is 4.46. The first-order chi connectivity index (χ1) is 17.7. The van der Waals surface area contributed by atoms with Gasteiger partial charge in [-0.15, -0.1) is 5.10 Å². The smallest absolute Gasteiger partial charge is 0.391 e. The van der Waals surface area contributed by atoms with Gasteiger partial charge < -0.3 is 15.3 Å². The summed E-state index contributed by atoms with van der Waals surface area (Å²) in [5.74, 6) is -4.01. The molecule has 4 atom stereocenters. The summed E-state index contributed by atoms with van der Waals surface area (Å²) < 4.78 is 56.4. The molecule has 0 spiro atoms. The highest BCUT2D eigenvalue weighted by molar-refractivity contribution is 6.31. The summed E-state index contributed by atoms with van der Waals surface area (Å²) in [5, 5.41) is 20.5. The number of aliphatic hydroxyl groups is 1. The Morgan fingerprint density at radius 1 is 1.24 bits per heavy atom. The van der Waals surface area contributed by atoms with E-state index in [1.807, 2.05) is 20.8 Å². The van der Waals surface area contributed by atoms with Gasteiger partial charge in [-0.3, -0.25) is 9.59 Å². The van der Waals surface area contributed by atoms with E-state index in [1.165, 1.54) is 9.58 Å². The number of benzene rings is 1. The van der Waals surface area contributed by atoms with Crippen molar-refractivity contribution in [2.75, 3.05) is 13.1 Å². The van der Waals surface area contributed by atoms with Crippen LogP contribution in [0.3, 0.4) is 0 Å². The number of amides is 2. The predicted octanol–water partition coefficient (Wildman–Crippen LogP) is 3.96. The fourth-order valence-corrected chi connectivity index (χ4v) is 5.13. The van der Waals surface area contributed by atoms with Gasteiger partial charge in [-0.25, -0.2) is 9.07 Å². The molecular formula is C25H30ClF4N5O3. The second kappa shape index (κ2) is 10.4. The number of aliphatic hydroxyl groups excluding tert-OH is 1. The van der Waals surface area contributed by atoms with Crippen LogP contribution in [0.1, 0.15) is 69.2 Å². The van der Waals surface area contributed by atoms with Gasteiger partial charge in [0.1, 0.15) is 17.9 Å². The standard InChI is InChI=1S/C25H30ClF4N5O3/c1-24(2,3)21(35-12-19(32-33-35)13-4-5-13)23(38)34-11-15(36)9-20(34)22(37)31-10-17(25(28,29)30)16-7-6-14(27)8-18(16)26/h6-8,12-13,15,17,20-21,36H,4-5,9-11H2,1-3H3,(H,31,37)/t15-,17?,20+,21-/m1/s1. The zero-order valence-electron chi connectivity index (χ0n) is 21.2. The van der Waals surface area contributed by atoms with E-state index >= 15 is 0 Å². The number of nitrogens with one attached hydrogen (secondary N) is 1. The molecule has 1 aromatic heterocycles. The van der Waals surface area contributed by atoms with E-state index in [0.717, 1.165) is 36.7 Å². The van der Waals surface area contributed by atoms with Gasteiger partial charge in [-0.05, 0) is 36.0 Å². The molecule has 2 heterocycles. The molecular weight excluding hydrogens is 530 g/mol. The largest absolute Gasteiger partial charge is 0.397 e. The Morgan fingerprint density at radius 2 is 1.92 bits per heavy atom. The van der Waals surface area contributed by atoms with Crippen molar-refractivity contribution in [3.8, 4) is 0 Å². The van der Waals surface area contributed by atoms with Crippen LogP contribution in [0.25, 0.3) is 0 Å². The van der Waals surface area contributed by atoms with Crippen molar-refractivity contribution in [1.29, 1.82) is 0 Å². The van der Waals surface area contributed by atoms with Crippen LogP contribution >= 0.6 is 11.6 Å². The molecule has 0 radical (unpaired) electrons. The third-order valence-electron chi connectivity index (χ3n) is 6.92. The molecule has 2 fully saturated rings. The van der Waals surface area contributed by atoms with Crippen LogP contribution in [-0.2, 0) is 9.59 Å². The molecule has 2 aromatic rings. The molecule has 1 aromatic carbocycles. The fraction of sp³-hybridized carbons (Fsp3) is 0.600. The Kier molecular flexibility index (Phi) is 7.77. The van der Waals surface area contributed by atoms with Crippen LogP contribution in [-0.4, -0.2) is 68.2 Å². The number of carbonyl (C=O) groups excluding carboxylic acids is 2. The van der Waals surface area contributed by atoms with Crippen molar-refractivity contribution < 1.29 is 32.3 Å². The molecule has 1 aliphatic carbocycles. The monoisotopic (exact) mass is 559 g/mol. The lowest BCUT2D eigenvalue weighted by atomic mass is 9.85. The number of aromatic nitrogens is 3. The molecule has 1 unspecified atom stereocenters. The first kappa shape index (κ1) is 28.3. The van der Waals surface area contributed by atoms with Gasteiger partial charge >= 0.3 is 6.18 Å². The van der Waals surface area contributed by atoms with Crippen molar-refractivity contribution in [1.82, 2.24) is 25.2 Å². The third-order valence-corrected chi connectivity index (χ3v) is 7.25. The first-order valence-corrected chi connectivity index (χ1v) is 12.7. The van der Waals surface area contributed by atoms with Crippen LogP contribution in [0.2, 0.25) is 5.02 Å². The molecule has 208 valence electrons. The number of nitrogens with zero attached hydrogens (tertiary/aromatic N) is 4. The van der Waals surface area contributed by atoms with E-state index < -0.39 is 64.9 Å². The number of likely N-dealkylation sites (tertiary alicyclic amines) is 1. The molecule has 38 heavy (non-hydrogen) atoms. The van der Waals surface area contributed by atoms with E-state index in [-0.39, 0.29) is 18.5 Å². The lowest BCUT2D eigenvalue weighted by molar-refractivity contribution is -0.152. The van der Waals surface area contributed by atoms with E-state index in [0.29, 0.717) is 5.92 Å².